The summed E-state index contributed by atoms with van der Waals surface area (Å²) >= 11 is 0. The summed E-state index contributed by atoms with van der Waals surface area (Å²) in [6, 6.07) is 5.13. The first-order chi connectivity index (χ1) is 9.39. The molecular formula is C14H18N2O4. The number of rotatable bonds is 3. The van der Waals surface area contributed by atoms with E-state index in [0.29, 0.717) is 17.2 Å². The maximum Gasteiger partial charge on any atom is 0.252 e. The van der Waals surface area contributed by atoms with Gasteiger partial charge in [0.25, 0.3) is 5.91 Å². The molecule has 108 valence electrons. The van der Waals surface area contributed by atoms with E-state index in [9.17, 15) is 9.59 Å². The number of benzene rings is 1. The predicted molar refractivity (Wildman–Crippen MR) is 74.1 cm³/mol. The fourth-order valence-corrected chi connectivity index (χ4v) is 2.20. The van der Waals surface area contributed by atoms with Crippen LogP contribution in [0.5, 0.6) is 11.5 Å². The third kappa shape index (κ3) is 2.41. The van der Waals surface area contributed by atoms with Crippen LogP contribution < -0.4 is 19.7 Å². The Hall–Kier alpha value is -2.24. The standard InChI is InChI=1S/C14H18N2O4/c1-14(2)13(18)16(8-12(17)15-14)10-7-9(19-3)5-6-11(10)20-4/h5-7H,8H2,1-4H3,(H,15,17). The van der Waals surface area contributed by atoms with Crippen molar-refractivity contribution in [2.45, 2.75) is 19.4 Å². The lowest BCUT2D eigenvalue weighted by Crippen LogP contribution is -2.64. The van der Waals surface area contributed by atoms with Crippen LogP contribution >= 0.6 is 0 Å². The minimum atomic E-state index is -0.941. The number of anilines is 1. The monoisotopic (exact) mass is 278 g/mol. The molecule has 0 bridgehead atoms. The number of piperazine rings is 1. The summed E-state index contributed by atoms with van der Waals surface area (Å²) in [5.74, 6) is 0.713. The molecule has 2 rings (SSSR count). The molecule has 1 saturated heterocycles. The van der Waals surface area contributed by atoms with Crippen LogP contribution in [0, 0.1) is 0 Å². The first-order valence-electron chi connectivity index (χ1n) is 6.24. The molecule has 6 nitrogen and oxygen atoms in total. The summed E-state index contributed by atoms with van der Waals surface area (Å²) in [7, 11) is 3.06. The number of carbonyl (C=O) groups is 2. The van der Waals surface area contributed by atoms with Gasteiger partial charge in [-0.3, -0.25) is 14.5 Å². The second-order valence-corrected chi connectivity index (χ2v) is 5.10. The predicted octanol–water partition coefficient (Wildman–Crippen LogP) is 0.945. The Labute approximate surface area is 117 Å². The summed E-state index contributed by atoms with van der Waals surface area (Å²) in [6.45, 7) is 3.31. The van der Waals surface area contributed by atoms with Crippen LogP contribution in [0.3, 0.4) is 0 Å². The molecule has 1 N–H and O–H groups in total. The van der Waals surface area contributed by atoms with E-state index in [0.717, 1.165) is 0 Å². The van der Waals surface area contributed by atoms with Crippen molar-refractivity contribution >= 4 is 17.5 Å². The number of hydrogen-bond acceptors (Lipinski definition) is 4. The van der Waals surface area contributed by atoms with Crippen LogP contribution in [0.4, 0.5) is 5.69 Å². The average molecular weight is 278 g/mol. The largest absolute Gasteiger partial charge is 0.497 e. The second-order valence-electron chi connectivity index (χ2n) is 5.10. The Morgan fingerprint density at radius 3 is 2.50 bits per heavy atom. The third-order valence-electron chi connectivity index (χ3n) is 3.21. The molecule has 1 aliphatic heterocycles. The zero-order valence-electron chi connectivity index (χ0n) is 12.0. The van der Waals surface area contributed by atoms with Gasteiger partial charge in [-0.05, 0) is 26.0 Å². The normalized spacial score (nSPS) is 17.7. The lowest BCUT2D eigenvalue weighted by molar-refractivity contribution is -0.134. The first-order valence-corrected chi connectivity index (χ1v) is 6.24. The SMILES string of the molecule is COc1ccc(OC)c(N2CC(=O)NC(C)(C)C2=O)c1. The van der Waals surface area contributed by atoms with Gasteiger partial charge < -0.3 is 14.8 Å². The molecule has 0 aromatic heterocycles. The minimum absolute atomic E-state index is 0.0359. The molecule has 2 amide bonds. The van der Waals surface area contributed by atoms with Gasteiger partial charge in [-0.1, -0.05) is 0 Å². The second kappa shape index (κ2) is 5.03. The molecule has 6 heteroatoms. The topological polar surface area (TPSA) is 67.9 Å². The van der Waals surface area contributed by atoms with Gasteiger partial charge in [0.15, 0.2) is 0 Å². The molecular weight excluding hydrogens is 260 g/mol. The first kappa shape index (κ1) is 14.2. The number of ether oxygens (including phenoxy) is 2. The van der Waals surface area contributed by atoms with Gasteiger partial charge in [0, 0.05) is 6.07 Å². The van der Waals surface area contributed by atoms with Crippen LogP contribution in [0.25, 0.3) is 0 Å². The summed E-state index contributed by atoms with van der Waals surface area (Å²) in [5, 5.41) is 2.67. The van der Waals surface area contributed by atoms with Crippen LogP contribution in [0.2, 0.25) is 0 Å². The highest BCUT2D eigenvalue weighted by Gasteiger charge is 2.40. The summed E-state index contributed by atoms with van der Waals surface area (Å²) in [4.78, 5) is 25.7. The Morgan fingerprint density at radius 2 is 1.90 bits per heavy atom. The van der Waals surface area contributed by atoms with E-state index in [4.69, 9.17) is 9.47 Å². The van der Waals surface area contributed by atoms with Crippen molar-refractivity contribution in [2.24, 2.45) is 0 Å². The van der Waals surface area contributed by atoms with E-state index in [1.165, 1.54) is 12.0 Å². The molecule has 0 radical (unpaired) electrons. The zero-order chi connectivity index (χ0) is 14.9. The number of carbonyl (C=O) groups excluding carboxylic acids is 2. The number of hydrogen-bond donors (Lipinski definition) is 1. The van der Waals surface area contributed by atoms with Gasteiger partial charge >= 0.3 is 0 Å². The highest BCUT2D eigenvalue weighted by atomic mass is 16.5. The van der Waals surface area contributed by atoms with Crippen LogP contribution in [0.1, 0.15) is 13.8 Å². The zero-order valence-corrected chi connectivity index (χ0v) is 12.0. The molecule has 0 aliphatic carbocycles. The molecule has 0 atom stereocenters. The number of nitrogens with one attached hydrogen (secondary N) is 1. The molecule has 0 spiro atoms. The lowest BCUT2D eigenvalue weighted by atomic mass is 9.99. The van der Waals surface area contributed by atoms with Gasteiger partial charge in [0.2, 0.25) is 5.91 Å². The molecule has 0 saturated carbocycles. The van der Waals surface area contributed by atoms with E-state index in [1.807, 2.05) is 0 Å². The summed E-state index contributed by atoms with van der Waals surface area (Å²) in [6.07, 6.45) is 0. The lowest BCUT2D eigenvalue weighted by Gasteiger charge is -2.37. The molecule has 1 fully saturated rings. The Kier molecular flexibility index (Phi) is 3.57. The minimum Gasteiger partial charge on any atom is -0.497 e. The van der Waals surface area contributed by atoms with Crippen LogP contribution in [-0.2, 0) is 9.59 Å². The molecule has 1 aliphatic rings. The Bertz CT molecular complexity index is 554. The van der Waals surface area contributed by atoms with E-state index in [2.05, 4.69) is 5.32 Å². The quantitative estimate of drug-likeness (QED) is 0.893. The van der Waals surface area contributed by atoms with Crippen LogP contribution in [-0.4, -0.2) is 38.1 Å². The van der Waals surface area contributed by atoms with Crippen molar-refractivity contribution < 1.29 is 19.1 Å². The fourth-order valence-electron chi connectivity index (χ4n) is 2.20. The van der Waals surface area contributed by atoms with Crippen molar-refractivity contribution in [2.75, 3.05) is 25.7 Å². The third-order valence-corrected chi connectivity index (χ3v) is 3.21. The smallest absolute Gasteiger partial charge is 0.252 e. The van der Waals surface area contributed by atoms with Gasteiger partial charge in [0.1, 0.15) is 23.6 Å². The van der Waals surface area contributed by atoms with E-state index in [-0.39, 0.29) is 18.4 Å². The van der Waals surface area contributed by atoms with E-state index >= 15 is 0 Å². The van der Waals surface area contributed by atoms with Crippen molar-refractivity contribution in [1.29, 1.82) is 0 Å². The van der Waals surface area contributed by atoms with Crippen molar-refractivity contribution in [3.63, 3.8) is 0 Å². The van der Waals surface area contributed by atoms with Crippen molar-refractivity contribution in [3.8, 4) is 11.5 Å². The molecule has 1 heterocycles. The Balaban J connectivity index is 2.48. The summed E-state index contributed by atoms with van der Waals surface area (Å²) in [5.41, 5.74) is -0.413. The molecule has 1 aromatic rings. The number of nitrogens with zero attached hydrogens (tertiary/aromatic N) is 1. The van der Waals surface area contributed by atoms with Gasteiger partial charge in [-0.2, -0.15) is 0 Å². The molecule has 20 heavy (non-hydrogen) atoms. The average Bonchev–Trinajstić information content (AvgIpc) is 2.41. The number of methoxy groups -OCH3 is 2. The van der Waals surface area contributed by atoms with Gasteiger partial charge in [-0.25, -0.2) is 0 Å². The fraction of sp³-hybridized carbons (Fsp3) is 0.429. The summed E-state index contributed by atoms with van der Waals surface area (Å²) < 4.78 is 10.4. The van der Waals surface area contributed by atoms with Gasteiger partial charge in [0.05, 0.1) is 19.9 Å². The Morgan fingerprint density at radius 1 is 1.20 bits per heavy atom. The van der Waals surface area contributed by atoms with E-state index < -0.39 is 5.54 Å². The molecule has 0 unspecified atom stereocenters. The maximum absolute atomic E-state index is 12.5. The maximum atomic E-state index is 12.5. The number of amides is 2. The van der Waals surface area contributed by atoms with Crippen molar-refractivity contribution in [1.82, 2.24) is 5.32 Å². The van der Waals surface area contributed by atoms with Gasteiger partial charge in [-0.15, -0.1) is 0 Å². The highest BCUT2D eigenvalue weighted by molar-refractivity contribution is 6.09. The van der Waals surface area contributed by atoms with Crippen LogP contribution in [0.15, 0.2) is 18.2 Å². The molecule has 1 aromatic carbocycles. The van der Waals surface area contributed by atoms with Crippen molar-refractivity contribution in [3.05, 3.63) is 18.2 Å². The van der Waals surface area contributed by atoms with E-state index in [1.54, 1.807) is 39.2 Å². The highest BCUT2D eigenvalue weighted by Crippen LogP contribution is 2.34.